The summed E-state index contributed by atoms with van der Waals surface area (Å²) in [4.78, 5) is 30.3. The van der Waals surface area contributed by atoms with Crippen LogP contribution in [0, 0.1) is 5.92 Å². The molecule has 7 nitrogen and oxygen atoms in total. The maximum absolute atomic E-state index is 12.2. The molecular weight excluding hydrogens is 411 g/mol. The first-order chi connectivity index (χ1) is 12.9. The molecule has 1 fully saturated rings. The zero-order valence-corrected chi connectivity index (χ0v) is 16.1. The van der Waals surface area contributed by atoms with Crippen molar-refractivity contribution < 1.29 is 14.3 Å². The van der Waals surface area contributed by atoms with Gasteiger partial charge in [0, 0.05) is 17.4 Å². The molecule has 2 heterocycles. The normalized spacial score (nSPS) is 18.3. The van der Waals surface area contributed by atoms with E-state index in [-0.39, 0.29) is 17.8 Å². The van der Waals surface area contributed by atoms with Crippen molar-refractivity contribution in [3.05, 3.63) is 40.0 Å². The summed E-state index contributed by atoms with van der Waals surface area (Å²) in [5.41, 5.74) is 12.8. The van der Waals surface area contributed by atoms with E-state index in [1.165, 1.54) is 22.9 Å². The molecule has 1 saturated carbocycles. The number of carbonyl (C=O) groups is 2. The number of anilines is 2. The van der Waals surface area contributed by atoms with E-state index in [0.29, 0.717) is 31.9 Å². The summed E-state index contributed by atoms with van der Waals surface area (Å²) in [6, 6.07) is 4.04. The van der Waals surface area contributed by atoms with Gasteiger partial charge in [-0.2, -0.15) is 0 Å². The highest BCUT2D eigenvalue weighted by atomic mass is 35.5. The highest BCUT2D eigenvalue weighted by Crippen LogP contribution is 2.56. The molecule has 0 radical (unpaired) electrons. The number of amides is 2. The molecular formula is C17H14Cl2N4O3S. The lowest BCUT2D eigenvalue weighted by Gasteiger charge is -2.24. The Bertz CT molecular complexity index is 944. The third-order valence-corrected chi connectivity index (χ3v) is 6.18. The zero-order chi connectivity index (χ0) is 19.3. The molecule has 1 aliphatic heterocycles. The van der Waals surface area contributed by atoms with E-state index in [0.717, 1.165) is 12.8 Å². The van der Waals surface area contributed by atoms with Crippen LogP contribution in [0.25, 0.3) is 0 Å². The molecule has 0 spiro atoms. The number of hydrogen-bond acceptors (Lipinski definition) is 6. The van der Waals surface area contributed by atoms with Crippen molar-refractivity contribution in [2.45, 2.75) is 23.1 Å². The van der Waals surface area contributed by atoms with Crippen molar-refractivity contribution in [3.63, 3.8) is 0 Å². The van der Waals surface area contributed by atoms with Gasteiger partial charge in [0.25, 0.3) is 0 Å². The fourth-order valence-corrected chi connectivity index (χ4v) is 5.08. The van der Waals surface area contributed by atoms with Crippen LogP contribution in [0.15, 0.2) is 29.3 Å². The number of fused-ring (bicyclic) bond motifs is 1. The lowest BCUT2D eigenvalue weighted by Crippen LogP contribution is -2.35. The minimum absolute atomic E-state index is 0.0851. The van der Waals surface area contributed by atoms with Crippen LogP contribution in [0.1, 0.15) is 23.8 Å². The third-order valence-electron chi connectivity index (χ3n) is 4.27. The highest BCUT2D eigenvalue weighted by molar-refractivity contribution is 8.00. The smallest absolute Gasteiger partial charge is 0.320 e. The van der Waals surface area contributed by atoms with Gasteiger partial charge in [0.2, 0.25) is 5.88 Å². The second kappa shape index (κ2) is 6.78. The van der Waals surface area contributed by atoms with E-state index in [4.69, 9.17) is 39.4 Å². The molecule has 140 valence electrons. The minimum atomic E-state index is -0.694. The molecule has 0 bridgehead atoms. The monoisotopic (exact) mass is 424 g/mol. The number of thioether (sulfide) groups is 1. The van der Waals surface area contributed by atoms with E-state index in [1.807, 2.05) is 0 Å². The molecule has 2 aromatic rings. The molecule has 4 rings (SSSR count). The van der Waals surface area contributed by atoms with Crippen molar-refractivity contribution in [3.8, 4) is 5.88 Å². The Labute approximate surface area is 168 Å². The Morgan fingerprint density at radius 3 is 2.52 bits per heavy atom. The molecule has 27 heavy (non-hydrogen) atoms. The van der Waals surface area contributed by atoms with Gasteiger partial charge in [-0.15, -0.1) is 0 Å². The summed E-state index contributed by atoms with van der Waals surface area (Å²) >= 11 is 13.9. The summed E-state index contributed by atoms with van der Waals surface area (Å²) in [7, 11) is 0. The first-order valence-electron chi connectivity index (χ1n) is 8.07. The Kier molecular flexibility index (Phi) is 4.57. The largest absolute Gasteiger partial charge is 0.406 e. The van der Waals surface area contributed by atoms with E-state index >= 15 is 0 Å². The average molecular weight is 425 g/mol. The maximum atomic E-state index is 12.2. The Morgan fingerprint density at radius 2 is 1.93 bits per heavy atom. The number of pyridine rings is 1. The minimum Gasteiger partial charge on any atom is -0.406 e. The fourth-order valence-electron chi connectivity index (χ4n) is 2.84. The van der Waals surface area contributed by atoms with Gasteiger partial charge < -0.3 is 16.2 Å². The lowest BCUT2D eigenvalue weighted by atomic mass is 10.1. The van der Waals surface area contributed by atoms with Crippen molar-refractivity contribution in [1.29, 1.82) is 0 Å². The van der Waals surface area contributed by atoms with Crippen LogP contribution in [-0.4, -0.2) is 17.0 Å². The van der Waals surface area contributed by atoms with Crippen molar-refractivity contribution in [2.24, 2.45) is 11.7 Å². The summed E-state index contributed by atoms with van der Waals surface area (Å²) < 4.78 is 5.44. The van der Waals surface area contributed by atoms with Crippen LogP contribution in [0.3, 0.4) is 0 Å². The molecule has 1 aliphatic carbocycles. The lowest BCUT2D eigenvalue weighted by molar-refractivity contribution is -0.136. The number of hydrogen-bond donors (Lipinski definition) is 2. The average Bonchev–Trinajstić information content (AvgIpc) is 3.35. The summed E-state index contributed by atoms with van der Waals surface area (Å²) in [5, 5.41) is -0.0252. The Hall–Kier alpha value is -2.16. The number of benzene rings is 1. The molecule has 1 aromatic heterocycles. The molecule has 1 atom stereocenters. The quantitative estimate of drug-likeness (QED) is 0.569. The maximum Gasteiger partial charge on any atom is 0.320 e. The van der Waals surface area contributed by atoms with Gasteiger partial charge in [-0.3, -0.25) is 9.69 Å². The van der Waals surface area contributed by atoms with E-state index in [9.17, 15) is 9.59 Å². The molecule has 4 N–H and O–H groups in total. The number of ether oxygens (including phenoxy) is 1. The zero-order valence-electron chi connectivity index (χ0n) is 13.8. The van der Waals surface area contributed by atoms with Gasteiger partial charge in [0.1, 0.15) is 5.37 Å². The van der Waals surface area contributed by atoms with Gasteiger partial charge in [0.05, 0.1) is 26.5 Å². The SMILES string of the molecule is NC(=O)N1c2ccnc(OC(=O)C3CC3)c2SC1c1c(Cl)cc(N)cc1Cl. The first-order valence-corrected chi connectivity index (χ1v) is 9.70. The van der Waals surface area contributed by atoms with E-state index in [2.05, 4.69) is 4.98 Å². The van der Waals surface area contributed by atoms with Gasteiger partial charge in [-0.1, -0.05) is 35.0 Å². The topological polar surface area (TPSA) is 112 Å². The van der Waals surface area contributed by atoms with Gasteiger partial charge >= 0.3 is 12.0 Å². The number of halogens is 2. The van der Waals surface area contributed by atoms with Crippen LogP contribution >= 0.6 is 35.0 Å². The number of nitrogens with two attached hydrogens (primary N) is 2. The Morgan fingerprint density at radius 1 is 1.26 bits per heavy atom. The molecule has 2 aliphatic rings. The molecule has 0 saturated heterocycles. The molecule has 2 amide bonds. The molecule has 1 aromatic carbocycles. The van der Waals surface area contributed by atoms with Crippen LogP contribution < -0.4 is 21.1 Å². The summed E-state index contributed by atoms with van der Waals surface area (Å²) in [5.74, 6) is -0.266. The number of urea groups is 1. The highest BCUT2D eigenvalue weighted by Gasteiger charge is 2.40. The van der Waals surface area contributed by atoms with Gasteiger partial charge in [-0.25, -0.2) is 9.78 Å². The number of rotatable bonds is 3. The van der Waals surface area contributed by atoms with Crippen LogP contribution in [0.5, 0.6) is 5.88 Å². The number of esters is 1. The van der Waals surface area contributed by atoms with Crippen molar-refractivity contribution in [1.82, 2.24) is 4.98 Å². The van der Waals surface area contributed by atoms with Crippen molar-refractivity contribution in [2.75, 3.05) is 10.6 Å². The predicted octanol–water partition coefficient (Wildman–Crippen LogP) is 3.98. The van der Waals surface area contributed by atoms with Crippen LogP contribution in [-0.2, 0) is 4.79 Å². The number of nitrogen functional groups attached to an aromatic ring is 1. The number of aromatic nitrogens is 1. The van der Waals surface area contributed by atoms with Gasteiger partial charge in [0.15, 0.2) is 0 Å². The van der Waals surface area contributed by atoms with Gasteiger partial charge in [-0.05, 0) is 31.0 Å². The van der Waals surface area contributed by atoms with Crippen LogP contribution in [0.2, 0.25) is 10.0 Å². The van der Waals surface area contributed by atoms with E-state index < -0.39 is 11.4 Å². The van der Waals surface area contributed by atoms with E-state index in [1.54, 1.807) is 18.2 Å². The molecule has 1 unspecified atom stereocenters. The molecule has 10 heteroatoms. The fraction of sp³-hybridized carbons (Fsp3) is 0.235. The Balaban J connectivity index is 1.77. The first kappa shape index (κ1) is 18.2. The third kappa shape index (κ3) is 3.28. The van der Waals surface area contributed by atoms with Crippen LogP contribution in [0.4, 0.5) is 16.2 Å². The number of nitrogens with zero attached hydrogens (tertiary/aromatic N) is 2. The summed E-state index contributed by atoms with van der Waals surface area (Å²) in [6.45, 7) is 0. The number of carbonyl (C=O) groups excluding carboxylic acids is 2. The summed E-state index contributed by atoms with van der Waals surface area (Å²) in [6.07, 6.45) is 3.08. The second-order valence-corrected chi connectivity index (χ2v) is 8.14. The standard InChI is InChI=1S/C17H14Cl2N4O3S/c18-9-5-8(20)6-10(19)12(9)15-23(17(21)25)11-3-4-22-14(13(11)27-15)26-16(24)7-1-2-7/h3-7,15H,1-2,20H2,(H2,21,25). The predicted molar refractivity (Wildman–Crippen MR) is 104 cm³/mol. The number of primary amides is 1. The van der Waals surface area contributed by atoms with Crippen molar-refractivity contribution >= 4 is 58.3 Å². The second-order valence-electron chi connectivity index (χ2n) is 6.24.